The van der Waals surface area contributed by atoms with Gasteiger partial charge in [-0.2, -0.15) is 0 Å². The first-order valence-electron chi connectivity index (χ1n) is 4.81. The number of hydrogen-bond donors (Lipinski definition) is 1. The van der Waals surface area contributed by atoms with Crippen molar-refractivity contribution in [3.05, 3.63) is 25.3 Å². The maximum atomic E-state index is 10.9. The Kier molecular flexibility index (Phi) is 6.87. The summed E-state index contributed by atoms with van der Waals surface area (Å²) in [5.74, 6) is -1.18. The minimum atomic E-state index is -0.841. The van der Waals surface area contributed by atoms with Gasteiger partial charge in [0, 0.05) is 18.6 Å². The van der Waals surface area contributed by atoms with Crippen molar-refractivity contribution in [2.24, 2.45) is 0 Å². The van der Waals surface area contributed by atoms with Crippen LogP contribution in [0.5, 0.6) is 0 Å². The Balaban J connectivity index is 4.04. The van der Waals surface area contributed by atoms with E-state index in [9.17, 15) is 14.7 Å². The van der Waals surface area contributed by atoms with Crippen molar-refractivity contribution >= 4 is 11.9 Å². The van der Waals surface area contributed by atoms with Gasteiger partial charge in [0.1, 0.15) is 6.10 Å². The third kappa shape index (κ3) is 5.98. The van der Waals surface area contributed by atoms with Gasteiger partial charge in [-0.25, -0.2) is 9.59 Å². The highest BCUT2D eigenvalue weighted by Gasteiger charge is 2.18. The lowest BCUT2D eigenvalue weighted by molar-refractivity contribution is -0.150. The average molecular weight is 228 g/mol. The second-order valence-electron chi connectivity index (χ2n) is 3.08. The van der Waals surface area contributed by atoms with Crippen LogP contribution in [0.3, 0.4) is 0 Å². The van der Waals surface area contributed by atoms with Crippen LogP contribution in [0, 0.1) is 0 Å². The zero-order valence-corrected chi connectivity index (χ0v) is 9.22. The summed E-state index contributed by atoms with van der Waals surface area (Å²) in [5, 5.41) is 9.31. The highest BCUT2D eigenvalue weighted by molar-refractivity contribution is 5.81. The summed E-state index contributed by atoms with van der Waals surface area (Å²) in [4.78, 5) is 21.6. The Morgan fingerprint density at radius 2 is 1.88 bits per heavy atom. The summed E-state index contributed by atoms with van der Waals surface area (Å²) in [5.41, 5.74) is 0. The molecule has 2 unspecified atom stereocenters. The summed E-state index contributed by atoms with van der Waals surface area (Å²) >= 11 is 0. The maximum absolute atomic E-state index is 10.9. The smallest absolute Gasteiger partial charge is 0.330 e. The molecule has 0 aromatic rings. The van der Waals surface area contributed by atoms with E-state index < -0.39 is 24.1 Å². The van der Waals surface area contributed by atoms with Crippen LogP contribution >= 0.6 is 0 Å². The quantitative estimate of drug-likeness (QED) is 0.510. The summed E-state index contributed by atoms with van der Waals surface area (Å²) in [6.45, 7) is 8.00. The monoisotopic (exact) mass is 228 g/mol. The van der Waals surface area contributed by atoms with E-state index >= 15 is 0 Å². The van der Waals surface area contributed by atoms with E-state index in [1.807, 2.05) is 0 Å². The number of carbonyl (C=O) groups excluding carboxylic acids is 2. The van der Waals surface area contributed by atoms with Gasteiger partial charge >= 0.3 is 11.9 Å². The van der Waals surface area contributed by atoms with E-state index in [1.54, 1.807) is 0 Å². The SMILES string of the molecule is C=CC(=O)OCCC(OC(=O)C=C)C(C)O. The van der Waals surface area contributed by atoms with Crippen LogP contribution in [0.1, 0.15) is 13.3 Å². The van der Waals surface area contributed by atoms with E-state index in [-0.39, 0.29) is 13.0 Å². The molecule has 5 nitrogen and oxygen atoms in total. The lowest BCUT2D eigenvalue weighted by atomic mass is 10.2. The first-order chi connectivity index (χ1) is 7.51. The lowest BCUT2D eigenvalue weighted by Gasteiger charge is -2.19. The number of rotatable bonds is 7. The van der Waals surface area contributed by atoms with Crippen LogP contribution in [0.4, 0.5) is 0 Å². The van der Waals surface area contributed by atoms with E-state index in [2.05, 4.69) is 13.2 Å². The van der Waals surface area contributed by atoms with Gasteiger partial charge < -0.3 is 14.6 Å². The molecule has 0 bridgehead atoms. The highest BCUT2D eigenvalue weighted by Crippen LogP contribution is 2.06. The van der Waals surface area contributed by atoms with Crippen LogP contribution in [0.2, 0.25) is 0 Å². The molecule has 2 atom stereocenters. The molecule has 0 aromatic heterocycles. The third-order valence-corrected chi connectivity index (χ3v) is 1.79. The van der Waals surface area contributed by atoms with Crippen LogP contribution in [0.25, 0.3) is 0 Å². The van der Waals surface area contributed by atoms with Gasteiger partial charge in [0.2, 0.25) is 0 Å². The minimum Gasteiger partial charge on any atom is -0.462 e. The largest absolute Gasteiger partial charge is 0.462 e. The Morgan fingerprint density at radius 3 is 2.31 bits per heavy atom. The molecular weight excluding hydrogens is 212 g/mol. The molecule has 16 heavy (non-hydrogen) atoms. The first-order valence-corrected chi connectivity index (χ1v) is 4.81. The van der Waals surface area contributed by atoms with E-state index in [0.717, 1.165) is 12.2 Å². The Morgan fingerprint density at radius 1 is 1.31 bits per heavy atom. The molecule has 90 valence electrons. The van der Waals surface area contributed by atoms with E-state index in [1.165, 1.54) is 6.92 Å². The van der Waals surface area contributed by atoms with Crippen molar-refractivity contribution < 1.29 is 24.2 Å². The van der Waals surface area contributed by atoms with Crippen molar-refractivity contribution in [3.8, 4) is 0 Å². The second-order valence-corrected chi connectivity index (χ2v) is 3.08. The highest BCUT2D eigenvalue weighted by atomic mass is 16.6. The summed E-state index contributed by atoms with van der Waals surface area (Å²) in [6.07, 6.45) is 0.698. The van der Waals surface area contributed by atoms with Crippen molar-refractivity contribution in [2.45, 2.75) is 25.6 Å². The van der Waals surface area contributed by atoms with Crippen molar-refractivity contribution in [1.29, 1.82) is 0 Å². The van der Waals surface area contributed by atoms with Gasteiger partial charge in [0.25, 0.3) is 0 Å². The van der Waals surface area contributed by atoms with Crippen LogP contribution < -0.4 is 0 Å². The zero-order valence-electron chi connectivity index (χ0n) is 9.22. The number of aliphatic hydroxyl groups excluding tert-OH is 1. The van der Waals surface area contributed by atoms with Gasteiger partial charge in [-0.05, 0) is 6.92 Å². The molecule has 0 saturated heterocycles. The number of aliphatic hydroxyl groups is 1. The number of ether oxygens (including phenoxy) is 2. The van der Waals surface area contributed by atoms with Gasteiger partial charge in [-0.3, -0.25) is 0 Å². The Labute approximate surface area is 94.4 Å². The van der Waals surface area contributed by atoms with Crippen molar-refractivity contribution in [1.82, 2.24) is 0 Å². The summed E-state index contributed by atoms with van der Waals surface area (Å²) < 4.78 is 9.55. The molecule has 0 aliphatic carbocycles. The fourth-order valence-corrected chi connectivity index (χ4v) is 0.931. The van der Waals surface area contributed by atoms with Crippen molar-refractivity contribution in [2.75, 3.05) is 6.61 Å². The first kappa shape index (κ1) is 14.4. The number of hydrogen-bond acceptors (Lipinski definition) is 5. The predicted molar refractivity (Wildman–Crippen MR) is 57.5 cm³/mol. The average Bonchev–Trinajstić information content (AvgIpc) is 2.26. The molecule has 0 rings (SSSR count). The molecule has 0 aliphatic rings. The standard InChI is InChI=1S/C11H16O5/c1-4-10(13)15-7-6-9(8(3)12)16-11(14)5-2/h4-5,8-9,12H,1-2,6-7H2,3H3. The maximum Gasteiger partial charge on any atom is 0.330 e. The molecule has 0 spiro atoms. The van der Waals surface area contributed by atoms with Crippen LogP contribution in [0.15, 0.2) is 25.3 Å². The molecule has 0 aliphatic heterocycles. The van der Waals surface area contributed by atoms with Gasteiger partial charge in [0.15, 0.2) is 0 Å². The van der Waals surface area contributed by atoms with Crippen LogP contribution in [-0.4, -0.2) is 35.9 Å². The minimum absolute atomic E-state index is 0.0465. The third-order valence-electron chi connectivity index (χ3n) is 1.79. The Hall–Kier alpha value is -1.62. The lowest BCUT2D eigenvalue weighted by Crippen LogP contribution is -2.30. The van der Waals surface area contributed by atoms with Gasteiger partial charge in [-0.15, -0.1) is 0 Å². The molecule has 0 amide bonds. The molecule has 0 heterocycles. The second kappa shape index (κ2) is 7.64. The molecule has 0 saturated carbocycles. The molecular formula is C11H16O5. The summed E-state index contributed by atoms with van der Waals surface area (Å²) in [6, 6.07) is 0. The Bertz CT molecular complexity index is 270. The van der Waals surface area contributed by atoms with Gasteiger partial charge in [0.05, 0.1) is 12.7 Å². The summed E-state index contributed by atoms with van der Waals surface area (Å²) in [7, 11) is 0. The van der Waals surface area contributed by atoms with Crippen LogP contribution in [-0.2, 0) is 19.1 Å². The molecule has 5 heteroatoms. The topological polar surface area (TPSA) is 72.8 Å². The van der Waals surface area contributed by atoms with Gasteiger partial charge in [-0.1, -0.05) is 13.2 Å². The van der Waals surface area contributed by atoms with Crippen molar-refractivity contribution in [3.63, 3.8) is 0 Å². The molecule has 0 aromatic carbocycles. The normalized spacial score (nSPS) is 13.4. The predicted octanol–water partition coefficient (Wildman–Crippen LogP) is 0.584. The fraction of sp³-hybridized carbons (Fsp3) is 0.455. The van der Waals surface area contributed by atoms with E-state index in [4.69, 9.17) is 9.47 Å². The zero-order chi connectivity index (χ0) is 12.6. The van der Waals surface area contributed by atoms with E-state index in [0.29, 0.717) is 0 Å². The molecule has 0 fully saturated rings. The molecule has 0 radical (unpaired) electrons. The fourth-order valence-electron chi connectivity index (χ4n) is 0.931. The number of carbonyl (C=O) groups is 2. The molecule has 1 N–H and O–H groups in total. The number of esters is 2.